The van der Waals surface area contributed by atoms with Gasteiger partial charge in [0, 0.05) is 18.9 Å². The summed E-state index contributed by atoms with van der Waals surface area (Å²) in [6.45, 7) is 0.220. The molecule has 0 unspecified atom stereocenters. The number of aliphatic hydroxyl groups is 1. The van der Waals surface area contributed by atoms with Crippen LogP contribution in [0, 0.1) is 0 Å². The van der Waals surface area contributed by atoms with Gasteiger partial charge in [0.25, 0.3) is 0 Å². The highest BCUT2D eigenvalue weighted by Crippen LogP contribution is 1.94. The van der Waals surface area contributed by atoms with Gasteiger partial charge >= 0.3 is 6.09 Å². The number of carbonyl (C=O) groups excluding carboxylic acids is 1. The van der Waals surface area contributed by atoms with Gasteiger partial charge in [0.15, 0.2) is 0 Å². The quantitative estimate of drug-likeness (QED) is 0.726. The van der Waals surface area contributed by atoms with Gasteiger partial charge in [-0.2, -0.15) is 0 Å². The summed E-state index contributed by atoms with van der Waals surface area (Å²) in [5.74, 6) is 0. The van der Waals surface area contributed by atoms with Crippen LogP contribution in [-0.2, 0) is 11.3 Å². The molecule has 0 radical (unpaired) electrons. The Labute approximate surface area is 81.7 Å². The van der Waals surface area contributed by atoms with E-state index in [9.17, 15) is 4.79 Å². The first-order valence-electron chi connectivity index (χ1n) is 4.23. The molecule has 1 rings (SSSR count). The number of alkyl carbamates (subject to hydrolysis) is 1. The van der Waals surface area contributed by atoms with E-state index < -0.39 is 6.09 Å². The van der Waals surface area contributed by atoms with Crippen molar-refractivity contribution in [2.24, 2.45) is 0 Å². The Morgan fingerprint density at radius 2 is 2.50 bits per heavy atom. The number of aliphatic hydroxyl groups excluding tert-OH is 1. The molecule has 1 heterocycles. The van der Waals surface area contributed by atoms with Gasteiger partial charge < -0.3 is 15.2 Å². The Hall–Kier alpha value is -1.62. The third kappa shape index (κ3) is 3.86. The third-order valence-corrected chi connectivity index (χ3v) is 1.48. The number of hydrogen-bond donors (Lipinski definition) is 2. The Balaban J connectivity index is 2.24. The van der Waals surface area contributed by atoms with Gasteiger partial charge in [0.2, 0.25) is 0 Å². The fourth-order valence-corrected chi connectivity index (χ4v) is 0.866. The van der Waals surface area contributed by atoms with E-state index in [-0.39, 0.29) is 13.2 Å². The summed E-state index contributed by atoms with van der Waals surface area (Å²) in [6, 6.07) is 3.63. The second kappa shape index (κ2) is 5.93. The Morgan fingerprint density at radius 1 is 1.64 bits per heavy atom. The molecule has 2 N–H and O–H groups in total. The number of aromatic nitrogens is 1. The summed E-state index contributed by atoms with van der Waals surface area (Å²) in [5.41, 5.74) is 0.897. The molecule has 0 aliphatic carbocycles. The molecule has 0 saturated carbocycles. The van der Waals surface area contributed by atoms with Crippen molar-refractivity contribution in [1.29, 1.82) is 0 Å². The highest BCUT2D eigenvalue weighted by atomic mass is 16.6. The van der Waals surface area contributed by atoms with E-state index in [0.29, 0.717) is 6.54 Å². The van der Waals surface area contributed by atoms with Crippen molar-refractivity contribution >= 4 is 6.09 Å². The number of pyridine rings is 1. The van der Waals surface area contributed by atoms with Crippen molar-refractivity contribution in [2.45, 2.75) is 6.54 Å². The average molecular weight is 196 g/mol. The van der Waals surface area contributed by atoms with Crippen LogP contribution in [0.1, 0.15) is 5.56 Å². The van der Waals surface area contributed by atoms with Crippen molar-refractivity contribution in [2.75, 3.05) is 13.2 Å². The molecule has 1 aromatic rings. The lowest BCUT2D eigenvalue weighted by molar-refractivity contribution is 0.119. The first kappa shape index (κ1) is 10.5. The van der Waals surface area contributed by atoms with Crippen molar-refractivity contribution in [3.05, 3.63) is 30.1 Å². The van der Waals surface area contributed by atoms with E-state index in [2.05, 4.69) is 15.0 Å². The van der Waals surface area contributed by atoms with Crippen LogP contribution in [0.25, 0.3) is 0 Å². The van der Waals surface area contributed by atoms with Crippen molar-refractivity contribution < 1.29 is 14.6 Å². The number of nitrogens with one attached hydrogen (secondary N) is 1. The van der Waals surface area contributed by atoms with Crippen LogP contribution in [0.15, 0.2) is 24.5 Å². The van der Waals surface area contributed by atoms with E-state index >= 15 is 0 Å². The maximum atomic E-state index is 10.9. The SMILES string of the molecule is O=C(NCc1cccnc1)OCCO. The minimum atomic E-state index is -0.539. The summed E-state index contributed by atoms with van der Waals surface area (Å²) in [6.07, 6.45) is 2.78. The number of rotatable bonds is 4. The summed E-state index contributed by atoms with van der Waals surface area (Å²) in [5, 5.41) is 10.9. The van der Waals surface area contributed by atoms with E-state index in [4.69, 9.17) is 5.11 Å². The third-order valence-electron chi connectivity index (χ3n) is 1.48. The molecule has 0 saturated heterocycles. The number of carbonyl (C=O) groups is 1. The molecule has 76 valence electrons. The zero-order valence-corrected chi connectivity index (χ0v) is 7.64. The largest absolute Gasteiger partial charge is 0.447 e. The van der Waals surface area contributed by atoms with Crippen molar-refractivity contribution in [3.8, 4) is 0 Å². The smallest absolute Gasteiger partial charge is 0.407 e. The van der Waals surface area contributed by atoms with Crippen molar-refractivity contribution in [3.63, 3.8) is 0 Å². The van der Waals surface area contributed by atoms with E-state index in [1.54, 1.807) is 18.5 Å². The fraction of sp³-hybridized carbons (Fsp3) is 0.333. The standard InChI is InChI=1S/C9H12N2O3/c12-4-5-14-9(13)11-7-8-2-1-3-10-6-8/h1-3,6,12H,4-5,7H2,(H,11,13). The van der Waals surface area contributed by atoms with Gasteiger partial charge in [0.1, 0.15) is 6.61 Å². The molecule has 5 heteroatoms. The summed E-state index contributed by atoms with van der Waals surface area (Å²) in [4.78, 5) is 14.8. The molecule has 0 spiro atoms. The molecule has 0 aliphatic heterocycles. The van der Waals surface area contributed by atoms with Crippen LogP contribution in [0.2, 0.25) is 0 Å². The Kier molecular flexibility index (Phi) is 4.43. The monoisotopic (exact) mass is 196 g/mol. The van der Waals surface area contributed by atoms with Crippen LogP contribution < -0.4 is 5.32 Å². The lowest BCUT2D eigenvalue weighted by atomic mass is 10.3. The molecule has 0 atom stereocenters. The van der Waals surface area contributed by atoms with Crippen LogP contribution in [0.5, 0.6) is 0 Å². The second-order valence-electron chi connectivity index (χ2n) is 2.57. The number of hydrogen-bond acceptors (Lipinski definition) is 4. The molecule has 1 aromatic heterocycles. The average Bonchev–Trinajstić information content (AvgIpc) is 2.25. The molecule has 0 bridgehead atoms. The molecule has 0 fully saturated rings. The molecule has 5 nitrogen and oxygen atoms in total. The van der Waals surface area contributed by atoms with Gasteiger partial charge in [-0.25, -0.2) is 4.79 Å². The summed E-state index contributed by atoms with van der Waals surface area (Å²) >= 11 is 0. The second-order valence-corrected chi connectivity index (χ2v) is 2.57. The zero-order chi connectivity index (χ0) is 10.2. The molecular formula is C9H12N2O3. The van der Waals surface area contributed by atoms with Gasteiger partial charge in [0.05, 0.1) is 6.61 Å². The molecule has 0 aliphatic rings. The highest BCUT2D eigenvalue weighted by molar-refractivity contribution is 5.67. The first-order chi connectivity index (χ1) is 6.83. The van der Waals surface area contributed by atoms with Crippen molar-refractivity contribution in [1.82, 2.24) is 10.3 Å². The number of nitrogens with zero attached hydrogens (tertiary/aromatic N) is 1. The lowest BCUT2D eigenvalue weighted by Gasteiger charge is -2.04. The van der Waals surface area contributed by atoms with E-state index in [1.165, 1.54) is 0 Å². The minimum Gasteiger partial charge on any atom is -0.447 e. The molecular weight excluding hydrogens is 184 g/mol. The van der Waals surface area contributed by atoms with Crippen LogP contribution in [0.3, 0.4) is 0 Å². The van der Waals surface area contributed by atoms with Gasteiger partial charge in [-0.05, 0) is 11.6 Å². The fourth-order valence-electron chi connectivity index (χ4n) is 0.866. The first-order valence-corrected chi connectivity index (χ1v) is 4.23. The van der Waals surface area contributed by atoms with E-state index in [0.717, 1.165) is 5.56 Å². The minimum absolute atomic E-state index is 0.0128. The number of amides is 1. The van der Waals surface area contributed by atoms with Crippen LogP contribution in [0.4, 0.5) is 4.79 Å². The van der Waals surface area contributed by atoms with Crippen LogP contribution >= 0.6 is 0 Å². The highest BCUT2D eigenvalue weighted by Gasteiger charge is 2.00. The maximum Gasteiger partial charge on any atom is 0.407 e. The summed E-state index contributed by atoms with van der Waals surface area (Å²) < 4.78 is 4.59. The zero-order valence-electron chi connectivity index (χ0n) is 7.64. The lowest BCUT2D eigenvalue weighted by Crippen LogP contribution is -2.24. The summed E-state index contributed by atoms with van der Waals surface area (Å²) in [7, 11) is 0. The Bertz CT molecular complexity index is 277. The van der Waals surface area contributed by atoms with Crippen LogP contribution in [-0.4, -0.2) is 29.4 Å². The maximum absolute atomic E-state index is 10.9. The van der Waals surface area contributed by atoms with Gasteiger partial charge in [-0.15, -0.1) is 0 Å². The predicted octanol–water partition coefficient (Wildman–Crippen LogP) is 0.300. The molecule has 0 aromatic carbocycles. The predicted molar refractivity (Wildman–Crippen MR) is 49.5 cm³/mol. The Morgan fingerprint density at radius 3 is 3.14 bits per heavy atom. The topological polar surface area (TPSA) is 71.5 Å². The van der Waals surface area contributed by atoms with Gasteiger partial charge in [-0.3, -0.25) is 4.98 Å². The number of ether oxygens (including phenoxy) is 1. The normalized spacial score (nSPS) is 9.50. The molecule has 14 heavy (non-hydrogen) atoms. The van der Waals surface area contributed by atoms with E-state index in [1.807, 2.05) is 6.07 Å². The van der Waals surface area contributed by atoms with Gasteiger partial charge in [-0.1, -0.05) is 6.07 Å². The molecule has 1 amide bonds.